The maximum absolute atomic E-state index is 12.2. The summed E-state index contributed by atoms with van der Waals surface area (Å²) < 4.78 is 0. The Balaban J connectivity index is 0.00000162. The highest BCUT2D eigenvalue weighted by atomic mass is 35.5. The van der Waals surface area contributed by atoms with Crippen molar-refractivity contribution in [1.29, 1.82) is 0 Å². The number of halogens is 1. The minimum Gasteiger partial charge on any atom is -0.342 e. The smallest absolute Gasteiger partial charge is 0.226 e. The van der Waals surface area contributed by atoms with Crippen LogP contribution in [0.1, 0.15) is 40.0 Å². The van der Waals surface area contributed by atoms with Gasteiger partial charge < -0.3 is 10.2 Å². The molecule has 1 unspecified atom stereocenters. The van der Waals surface area contributed by atoms with Crippen LogP contribution in [0.5, 0.6) is 0 Å². The Labute approximate surface area is 117 Å². The monoisotopic (exact) mass is 274 g/mol. The molecular weight excluding hydrogens is 248 g/mol. The topological polar surface area (TPSA) is 32.3 Å². The lowest BCUT2D eigenvalue weighted by molar-refractivity contribution is -0.134. The SMILES string of the molecule is CCNCC1CCN(C(=O)C2CC2(C)C)CC1.Cl. The number of hydrogen-bond acceptors (Lipinski definition) is 2. The third-order valence-electron chi connectivity index (χ3n) is 4.42. The second-order valence-corrected chi connectivity index (χ2v) is 6.32. The fraction of sp³-hybridized carbons (Fsp3) is 0.929. The summed E-state index contributed by atoms with van der Waals surface area (Å²) in [6.45, 7) is 10.7. The highest BCUT2D eigenvalue weighted by Gasteiger charge is 2.52. The van der Waals surface area contributed by atoms with Crippen LogP contribution in [0, 0.1) is 17.3 Å². The third kappa shape index (κ3) is 3.61. The molecule has 2 aliphatic rings. The van der Waals surface area contributed by atoms with Crippen molar-refractivity contribution in [3.8, 4) is 0 Å². The number of piperidine rings is 1. The van der Waals surface area contributed by atoms with E-state index in [2.05, 4.69) is 31.0 Å². The molecule has 1 atom stereocenters. The van der Waals surface area contributed by atoms with E-state index < -0.39 is 0 Å². The zero-order chi connectivity index (χ0) is 12.5. The first-order valence-corrected chi connectivity index (χ1v) is 7.04. The number of carbonyl (C=O) groups excluding carboxylic acids is 1. The Hall–Kier alpha value is -0.280. The molecule has 106 valence electrons. The Morgan fingerprint density at radius 1 is 1.33 bits per heavy atom. The number of amides is 1. The van der Waals surface area contributed by atoms with Crippen LogP contribution < -0.4 is 5.32 Å². The molecular formula is C14H27ClN2O. The zero-order valence-corrected chi connectivity index (χ0v) is 12.7. The molecule has 1 heterocycles. The molecule has 4 heteroatoms. The molecule has 1 aliphatic heterocycles. The average Bonchev–Trinajstić information content (AvgIpc) is 2.95. The van der Waals surface area contributed by atoms with E-state index in [1.54, 1.807) is 0 Å². The molecule has 2 rings (SSSR count). The first kappa shape index (κ1) is 15.8. The summed E-state index contributed by atoms with van der Waals surface area (Å²) in [6, 6.07) is 0. The van der Waals surface area contributed by atoms with E-state index in [9.17, 15) is 4.79 Å². The van der Waals surface area contributed by atoms with E-state index in [1.165, 1.54) is 12.8 Å². The summed E-state index contributed by atoms with van der Waals surface area (Å²) in [5, 5.41) is 3.41. The van der Waals surface area contributed by atoms with Gasteiger partial charge in [-0.2, -0.15) is 0 Å². The van der Waals surface area contributed by atoms with Crippen LogP contribution >= 0.6 is 12.4 Å². The van der Waals surface area contributed by atoms with Gasteiger partial charge in [-0.05, 0) is 43.7 Å². The van der Waals surface area contributed by atoms with E-state index in [4.69, 9.17) is 0 Å². The van der Waals surface area contributed by atoms with Gasteiger partial charge in [0.15, 0.2) is 0 Å². The molecule has 0 aromatic rings. The molecule has 1 N–H and O–H groups in total. The van der Waals surface area contributed by atoms with E-state index in [0.29, 0.717) is 11.8 Å². The van der Waals surface area contributed by atoms with Crippen molar-refractivity contribution in [2.75, 3.05) is 26.2 Å². The minimum atomic E-state index is 0. The van der Waals surface area contributed by atoms with Gasteiger partial charge in [-0.25, -0.2) is 0 Å². The fourth-order valence-corrected chi connectivity index (χ4v) is 2.82. The summed E-state index contributed by atoms with van der Waals surface area (Å²) in [7, 11) is 0. The average molecular weight is 275 g/mol. The van der Waals surface area contributed by atoms with Crippen LogP contribution in [0.4, 0.5) is 0 Å². The van der Waals surface area contributed by atoms with Crippen LogP contribution in [-0.2, 0) is 4.79 Å². The number of nitrogens with zero attached hydrogens (tertiary/aromatic N) is 1. The molecule has 2 fully saturated rings. The first-order chi connectivity index (χ1) is 8.04. The zero-order valence-electron chi connectivity index (χ0n) is 11.9. The van der Waals surface area contributed by atoms with Crippen molar-refractivity contribution in [1.82, 2.24) is 10.2 Å². The lowest BCUT2D eigenvalue weighted by Crippen LogP contribution is -2.42. The number of likely N-dealkylation sites (tertiary alicyclic amines) is 1. The molecule has 0 aromatic carbocycles. The van der Waals surface area contributed by atoms with Crippen molar-refractivity contribution in [2.45, 2.75) is 40.0 Å². The summed E-state index contributed by atoms with van der Waals surface area (Å²) in [6.07, 6.45) is 3.43. The van der Waals surface area contributed by atoms with Crippen LogP contribution in [0.2, 0.25) is 0 Å². The van der Waals surface area contributed by atoms with Gasteiger partial charge >= 0.3 is 0 Å². The highest BCUT2D eigenvalue weighted by molar-refractivity contribution is 5.85. The third-order valence-corrected chi connectivity index (χ3v) is 4.42. The molecule has 1 saturated carbocycles. The Bertz CT molecular complexity index is 286. The maximum atomic E-state index is 12.2. The lowest BCUT2D eigenvalue weighted by atomic mass is 9.96. The molecule has 1 aliphatic carbocycles. The van der Waals surface area contributed by atoms with Gasteiger partial charge in [0.25, 0.3) is 0 Å². The van der Waals surface area contributed by atoms with Crippen LogP contribution in [0.3, 0.4) is 0 Å². The van der Waals surface area contributed by atoms with Crippen LogP contribution in [-0.4, -0.2) is 37.0 Å². The van der Waals surface area contributed by atoms with Crippen LogP contribution in [0.15, 0.2) is 0 Å². The van der Waals surface area contributed by atoms with Gasteiger partial charge in [0, 0.05) is 19.0 Å². The van der Waals surface area contributed by atoms with Gasteiger partial charge in [-0.15, -0.1) is 12.4 Å². The van der Waals surface area contributed by atoms with Crippen molar-refractivity contribution in [2.24, 2.45) is 17.3 Å². The number of carbonyl (C=O) groups is 1. The predicted molar refractivity (Wildman–Crippen MR) is 77.0 cm³/mol. The minimum absolute atomic E-state index is 0. The Kier molecular flexibility index (Phi) is 5.47. The van der Waals surface area contributed by atoms with E-state index in [-0.39, 0.29) is 17.8 Å². The second kappa shape index (κ2) is 6.25. The molecule has 0 aromatic heterocycles. The number of nitrogens with one attached hydrogen (secondary N) is 1. The van der Waals surface area contributed by atoms with Crippen molar-refractivity contribution >= 4 is 18.3 Å². The predicted octanol–water partition coefficient (Wildman–Crippen LogP) is 2.30. The fourth-order valence-electron chi connectivity index (χ4n) is 2.82. The lowest BCUT2D eigenvalue weighted by Gasteiger charge is -2.32. The van der Waals surface area contributed by atoms with Gasteiger partial charge in [0.2, 0.25) is 5.91 Å². The standard InChI is InChI=1S/C14H26N2O.ClH/c1-4-15-10-11-5-7-16(8-6-11)13(17)12-9-14(12,2)3;/h11-12,15H,4-10H2,1-3H3;1H. The van der Waals surface area contributed by atoms with Gasteiger partial charge in [0.1, 0.15) is 0 Å². The van der Waals surface area contributed by atoms with Crippen molar-refractivity contribution < 1.29 is 4.79 Å². The number of hydrogen-bond donors (Lipinski definition) is 1. The molecule has 0 spiro atoms. The van der Waals surface area contributed by atoms with Crippen molar-refractivity contribution in [3.63, 3.8) is 0 Å². The highest BCUT2D eigenvalue weighted by Crippen LogP contribution is 2.52. The largest absolute Gasteiger partial charge is 0.342 e. The van der Waals surface area contributed by atoms with Gasteiger partial charge in [0.05, 0.1) is 0 Å². The molecule has 1 saturated heterocycles. The quantitative estimate of drug-likeness (QED) is 0.853. The Morgan fingerprint density at radius 2 is 1.89 bits per heavy atom. The molecule has 0 radical (unpaired) electrons. The molecule has 1 amide bonds. The van der Waals surface area contributed by atoms with Crippen molar-refractivity contribution in [3.05, 3.63) is 0 Å². The molecule has 18 heavy (non-hydrogen) atoms. The molecule has 0 bridgehead atoms. The van der Waals surface area contributed by atoms with E-state index in [0.717, 1.165) is 38.5 Å². The normalized spacial score (nSPS) is 26.6. The van der Waals surface area contributed by atoms with Gasteiger partial charge in [-0.1, -0.05) is 20.8 Å². The van der Waals surface area contributed by atoms with E-state index in [1.807, 2.05) is 0 Å². The second-order valence-electron chi connectivity index (χ2n) is 6.32. The summed E-state index contributed by atoms with van der Waals surface area (Å²) in [5.41, 5.74) is 0.275. The maximum Gasteiger partial charge on any atom is 0.226 e. The molecule has 3 nitrogen and oxygen atoms in total. The van der Waals surface area contributed by atoms with Gasteiger partial charge in [-0.3, -0.25) is 4.79 Å². The first-order valence-electron chi connectivity index (χ1n) is 7.04. The van der Waals surface area contributed by atoms with E-state index >= 15 is 0 Å². The number of rotatable bonds is 4. The Morgan fingerprint density at radius 3 is 2.33 bits per heavy atom. The summed E-state index contributed by atoms with van der Waals surface area (Å²) in [5.74, 6) is 1.50. The van der Waals surface area contributed by atoms with Crippen LogP contribution in [0.25, 0.3) is 0 Å². The summed E-state index contributed by atoms with van der Waals surface area (Å²) in [4.78, 5) is 14.3. The summed E-state index contributed by atoms with van der Waals surface area (Å²) >= 11 is 0.